The number of carbonyl (C=O) groups excluding carboxylic acids is 1. The molecule has 90 valence electrons. The zero-order valence-corrected chi connectivity index (χ0v) is 10.5. The van der Waals surface area contributed by atoms with Crippen molar-refractivity contribution in [3.8, 4) is 11.8 Å². The van der Waals surface area contributed by atoms with Crippen molar-refractivity contribution in [3.05, 3.63) is 35.2 Å². The fourth-order valence-corrected chi connectivity index (χ4v) is 1.62. The summed E-state index contributed by atoms with van der Waals surface area (Å²) in [6.07, 6.45) is 1.42. The van der Waals surface area contributed by atoms with Crippen LogP contribution >= 0.6 is 11.6 Å². The van der Waals surface area contributed by atoms with Crippen LogP contribution in [0.1, 0.15) is 12.5 Å². The van der Waals surface area contributed by atoms with E-state index in [0.29, 0.717) is 11.7 Å². The summed E-state index contributed by atoms with van der Waals surface area (Å²) in [6.45, 7) is 1.79. The molecule has 0 bridgehead atoms. The van der Waals surface area contributed by atoms with Crippen LogP contribution in [-0.2, 0) is 4.79 Å². The molecule has 5 heteroatoms. The predicted octanol–water partition coefficient (Wildman–Crippen LogP) is 1.77. The first kappa shape index (κ1) is 12.3. The van der Waals surface area contributed by atoms with E-state index in [2.05, 4.69) is 27.1 Å². The minimum atomic E-state index is -0.0951. The number of nitrogens with zero attached hydrogens (tertiary/aromatic N) is 2. The molecule has 0 aliphatic carbocycles. The number of nitrogens with one attached hydrogen (secondary N) is 1. The van der Waals surface area contributed by atoms with Gasteiger partial charge in [-0.2, -0.15) is 0 Å². The molecule has 1 amide bonds. The summed E-state index contributed by atoms with van der Waals surface area (Å²) in [5.41, 5.74) is 1.57. The van der Waals surface area contributed by atoms with Gasteiger partial charge in [-0.3, -0.25) is 4.79 Å². The van der Waals surface area contributed by atoms with E-state index in [9.17, 15) is 4.79 Å². The van der Waals surface area contributed by atoms with Gasteiger partial charge in [0.15, 0.2) is 0 Å². The Hall–Kier alpha value is -2.12. The number of carbonyl (C=O) groups is 1. The molecule has 0 saturated heterocycles. The highest BCUT2D eigenvalue weighted by Gasteiger charge is 2.00. The Balaban J connectivity index is 2.23. The maximum atomic E-state index is 10.7. The topological polar surface area (TPSA) is 54.9 Å². The van der Waals surface area contributed by atoms with Crippen LogP contribution in [0, 0.1) is 11.8 Å². The highest BCUT2D eigenvalue weighted by atomic mass is 35.5. The van der Waals surface area contributed by atoms with Gasteiger partial charge < -0.3 is 5.32 Å². The Kier molecular flexibility index (Phi) is 3.75. The minimum absolute atomic E-state index is 0.0951. The van der Waals surface area contributed by atoms with Crippen LogP contribution in [0.25, 0.3) is 10.9 Å². The van der Waals surface area contributed by atoms with E-state index < -0.39 is 0 Å². The summed E-state index contributed by atoms with van der Waals surface area (Å²) in [5.74, 6) is 5.70. The van der Waals surface area contributed by atoms with Gasteiger partial charge in [0.2, 0.25) is 5.91 Å². The number of hydrogen-bond acceptors (Lipinski definition) is 3. The summed E-state index contributed by atoms with van der Waals surface area (Å²) < 4.78 is 0. The van der Waals surface area contributed by atoms with E-state index in [1.807, 2.05) is 18.2 Å². The fraction of sp³-hybridized carbons (Fsp3) is 0.154. The summed E-state index contributed by atoms with van der Waals surface area (Å²) in [4.78, 5) is 18.7. The molecule has 1 heterocycles. The van der Waals surface area contributed by atoms with E-state index >= 15 is 0 Å². The van der Waals surface area contributed by atoms with Crippen LogP contribution in [0.5, 0.6) is 0 Å². The zero-order chi connectivity index (χ0) is 13.0. The molecule has 0 atom stereocenters. The highest BCUT2D eigenvalue weighted by Crippen LogP contribution is 2.19. The highest BCUT2D eigenvalue weighted by molar-refractivity contribution is 6.34. The molecular formula is C13H10ClN3O. The largest absolute Gasteiger partial charge is 0.345 e. The van der Waals surface area contributed by atoms with Crippen molar-refractivity contribution < 1.29 is 4.79 Å². The van der Waals surface area contributed by atoms with Gasteiger partial charge in [0.25, 0.3) is 0 Å². The van der Waals surface area contributed by atoms with Gasteiger partial charge in [-0.05, 0) is 18.2 Å². The molecule has 0 spiro atoms. The average molecular weight is 260 g/mol. The van der Waals surface area contributed by atoms with Gasteiger partial charge in [0.05, 0.1) is 12.1 Å². The van der Waals surface area contributed by atoms with Crippen molar-refractivity contribution in [2.24, 2.45) is 0 Å². The molecule has 1 aromatic carbocycles. The fourth-order valence-electron chi connectivity index (χ4n) is 1.42. The van der Waals surface area contributed by atoms with Crippen LogP contribution in [-0.4, -0.2) is 22.4 Å². The molecule has 18 heavy (non-hydrogen) atoms. The first-order chi connectivity index (χ1) is 8.66. The standard InChI is InChI=1S/C13H10ClN3O/c1-9(18)15-6-2-3-10-4-5-11-12(7-10)16-8-17-13(11)14/h4-5,7-8H,6H2,1H3,(H,15,18). The van der Waals surface area contributed by atoms with Crippen molar-refractivity contribution in [2.75, 3.05) is 6.54 Å². The normalized spacial score (nSPS) is 9.67. The second-order valence-electron chi connectivity index (χ2n) is 3.61. The Morgan fingerprint density at radius 2 is 2.28 bits per heavy atom. The molecule has 0 radical (unpaired) electrons. The Bertz CT molecular complexity index is 658. The van der Waals surface area contributed by atoms with Gasteiger partial charge in [0, 0.05) is 17.9 Å². The summed E-state index contributed by atoms with van der Waals surface area (Å²) in [6, 6.07) is 5.52. The molecule has 0 aliphatic rings. The second-order valence-corrected chi connectivity index (χ2v) is 3.97. The van der Waals surface area contributed by atoms with Crippen LogP contribution in [0.3, 0.4) is 0 Å². The maximum absolute atomic E-state index is 10.7. The van der Waals surface area contributed by atoms with Crippen molar-refractivity contribution in [3.63, 3.8) is 0 Å². The Labute approximate surface area is 109 Å². The number of rotatable bonds is 1. The molecule has 0 unspecified atom stereocenters. The number of aromatic nitrogens is 2. The number of benzene rings is 1. The lowest BCUT2D eigenvalue weighted by molar-refractivity contribution is -0.118. The van der Waals surface area contributed by atoms with Gasteiger partial charge in [0.1, 0.15) is 11.5 Å². The molecular weight excluding hydrogens is 250 g/mol. The third-order valence-corrected chi connectivity index (χ3v) is 2.55. The lowest BCUT2D eigenvalue weighted by Gasteiger charge is -1.98. The van der Waals surface area contributed by atoms with E-state index in [-0.39, 0.29) is 5.91 Å². The number of hydrogen-bond donors (Lipinski definition) is 1. The van der Waals surface area contributed by atoms with Crippen molar-refractivity contribution >= 4 is 28.4 Å². The predicted molar refractivity (Wildman–Crippen MR) is 70.1 cm³/mol. The van der Waals surface area contributed by atoms with Gasteiger partial charge >= 0.3 is 0 Å². The minimum Gasteiger partial charge on any atom is -0.345 e. The first-order valence-corrected chi connectivity index (χ1v) is 5.68. The van der Waals surface area contributed by atoms with Crippen molar-refractivity contribution in [1.29, 1.82) is 0 Å². The molecule has 0 saturated carbocycles. The van der Waals surface area contributed by atoms with Crippen LogP contribution in [0.4, 0.5) is 0 Å². The third kappa shape index (κ3) is 2.96. The maximum Gasteiger partial charge on any atom is 0.217 e. The van der Waals surface area contributed by atoms with Crippen LogP contribution in [0.2, 0.25) is 5.15 Å². The molecule has 1 aromatic heterocycles. The van der Waals surface area contributed by atoms with Gasteiger partial charge in [-0.15, -0.1) is 0 Å². The van der Waals surface area contributed by atoms with Crippen LogP contribution in [0.15, 0.2) is 24.5 Å². The zero-order valence-electron chi connectivity index (χ0n) is 9.70. The third-order valence-electron chi connectivity index (χ3n) is 2.25. The van der Waals surface area contributed by atoms with E-state index in [1.165, 1.54) is 13.3 Å². The molecule has 2 rings (SSSR count). The van der Waals surface area contributed by atoms with Gasteiger partial charge in [-0.1, -0.05) is 23.4 Å². The van der Waals surface area contributed by atoms with Crippen molar-refractivity contribution in [1.82, 2.24) is 15.3 Å². The second kappa shape index (κ2) is 5.48. The van der Waals surface area contributed by atoms with Crippen molar-refractivity contribution in [2.45, 2.75) is 6.92 Å². The molecule has 0 fully saturated rings. The summed E-state index contributed by atoms with van der Waals surface area (Å²) in [7, 11) is 0. The lowest BCUT2D eigenvalue weighted by Crippen LogP contribution is -2.19. The Morgan fingerprint density at radius 1 is 1.44 bits per heavy atom. The number of fused-ring (bicyclic) bond motifs is 1. The number of amides is 1. The summed E-state index contributed by atoms with van der Waals surface area (Å²) in [5, 5.41) is 3.83. The van der Waals surface area contributed by atoms with Crippen LogP contribution < -0.4 is 5.32 Å². The number of halogens is 1. The first-order valence-electron chi connectivity index (χ1n) is 5.30. The van der Waals surface area contributed by atoms with E-state index in [1.54, 1.807) is 0 Å². The van der Waals surface area contributed by atoms with E-state index in [0.717, 1.165) is 16.5 Å². The average Bonchev–Trinajstić information content (AvgIpc) is 2.35. The monoisotopic (exact) mass is 259 g/mol. The molecule has 2 aromatic rings. The SMILES string of the molecule is CC(=O)NCC#Cc1ccc2c(Cl)ncnc2c1. The molecule has 4 nitrogen and oxygen atoms in total. The molecule has 0 aliphatic heterocycles. The van der Waals surface area contributed by atoms with Gasteiger partial charge in [-0.25, -0.2) is 9.97 Å². The molecule has 1 N–H and O–H groups in total. The van der Waals surface area contributed by atoms with E-state index in [4.69, 9.17) is 11.6 Å². The smallest absolute Gasteiger partial charge is 0.217 e. The lowest BCUT2D eigenvalue weighted by atomic mass is 10.1. The quantitative estimate of drug-likeness (QED) is 0.627. The Morgan fingerprint density at radius 3 is 3.06 bits per heavy atom. The summed E-state index contributed by atoms with van der Waals surface area (Å²) >= 11 is 5.94.